The van der Waals surface area contributed by atoms with Crippen molar-refractivity contribution in [2.24, 2.45) is 5.16 Å². The van der Waals surface area contributed by atoms with Gasteiger partial charge in [0.25, 0.3) is 0 Å². The highest BCUT2D eigenvalue weighted by Crippen LogP contribution is 1.86. The van der Waals surface area contributed by atoms with Crippen LogP contribution in [-0.4, -0.2) is 31.7 Å². The number of nitrogens with zero attached hydrogens (tertiary/aromatic N) is 1. The van der Waals surface area contributed by atoms with Crippen LogP contribution in [0, 0.1) is 0 Å². The minimum Gasteiger partial charge on any atom is -0.464 e. The number of methoxy groups -OCH3 is 1. The van der Waals surface area contributed by atoms with Crippen molar-refractivity contribution < 1.29 is 19.2 Å². The zero-order valence-corrected chi connectivity index (χ0v) is 6.58. The molecule has 5 heteroatoms. The fraction of sp³-hybridized carbons (Fsp3) is 0.500. The van der Waals surface area contributed by atoms with E-state index in [1.165, 1.54) is 14.0 Å². The summed E-state index contributed by atoms with van der Waals surface area (Å²) in [6.07, 6.45) is 0. The van der Waals surface area contributed by atoms with Crippen molar-refractivity contribution in [2.45, 2.75) is 6.92 Å². The summed E-state index contributed by atoms with van der Waals surface area (Å²) < 4.78 is 4.26. The molecule has 0 aliphatic rings. The molecule has 0 saturated heterocycles. The first kappa shape index (κ1) is 9.61. The smallest absolute Gasteiger partial charge is 0.363 e. The second kappa shape index (κ2) is 4.43. The molecule has 5 nitrogen and oxygen atoms in total. The second-order valence-electron chi connectivity index (χ2n) is 1.67. The van der Waals surface area contributed by atoms with Crippen molar-refractivity contribution >= 4 is 17.5 Å². The lowest BCUT2D eigenvalue weighted by Crippen LogP contribution is -2.23. The molecular formula is C6H9NO4. The number of ketones is 1. The van der Waals surface area contributed by atoms with Crippen LogP contribution in [0.4, 0.5) is 0 Å². The maximum absolute atomic E-state index is 10.7. The Kier molecular flexibility index (Phi) is 3.87. The Bertz CT molecular complexity index is 197. The molecule has 0 bridgehead atoms. The van der Waals surface area contributed by atoms with E-state index in [1.54, 1.807) is 0 Å². The fourth-order valence-electron chi connectivity index (χ4n) is 0.433. The Morgan fingerprint density at radius 2 is 1.82 bits per heavy atom. The first-order valence-electron chi connectivity index (χ1n) is 2.84. The summed E-state index contributed by atoms with van der Waals surface area (Å²) in [7, 11) is 2.41. The minimum absolute atomic E-state index is 0.338. The fourth-order valence-corrected chi connectivity index (χ4v) is 0.433. The van der Waals surface area contributed by atoms with Crippen molar-refractivity contribution in [3.8, 4) is 0 Å². The largest absolute Gasteiger partial charge is 0.464 e. The van der Waals surface area contributed by atoms with Gasteiger partial charge in [0.05, 0.1) is 7.11 Å². The predicted molar refractivity (Wildman–Crippen MR) is 37.1 cm³/mol. The number of hydrogen-bond acceptors (Lipinski definition) is 5. The Hall–Kier alpha value is -1.39. The maximum atomic E-state index is 10.7. The van der Waals surface area contributed by atoms with Gasteiger partial charge in [-0.05, 0) is 0 Å². The van der Waals surface area contributed by atoms with Crippen molar-refractivity contribution in [1.82, 2.24) is 0 Å². The van der Waals surface area contributed by atoms with Gasteiger partial charge in [-0.3, -0.25) is 4.79 Å². The van der Waals surface area contributed by atoms with Crippen LogP contribution < -0.4 is 0 Å². The third-order valence-corrected chi connectivity index (χ3v) is 0.895. The number of rotatable bonds is 3. The first-order chi connectivity index (χ1) is 5.13. The van der Waals surface area contributed by atoms with E-state index in [2.05, 4.69) is 14.7 Å². The van der Waals surface area contributed by atoms with Gasteiger partial charge < -0.3 is 9.57 Å². The van der Waals surface area contributed by atoms with Crippen LogP contribution in [0.2, 0.25) is 0 Å². The molecule has 0 spiro atoms. The van der Waals surface area contributed by atoms with Crippen LogP contribution in [-0.2, 0) is 19.2 Å². The van der Waals surface area contributed by atoms with Crippen LogP contribution in [0.3, 0.4) is 0 Å². The number of carbonyl (C=O) groups excluding carboxylic acids is 2. The molecule has 0 heterocycles. The molecule has 0 aromatic rings. The highest BCUT2D eigenvalue weighted by molar-refractivity contribution is 6.63. The average molecular weight is 159 g/mol. The quantitative estimate of drug-likeness (QED) is 0.246. The molecule has 0 fully saturated rings. The monoisotopic (exact) mass is 159 g/mol. The molecule has 0 atom stereocenters. The lowest BCUT2D eigenvalue weighted by molar-refractivity contribution is -0.133. The van der Waals surface area contributed by atoms with E-state index in [4.69, 9.17) is 0 Å². The van der Waals surface area contributed by atoms with Crippen LogP contribution in [0.15, 0.2) is 5.16 Å². The zero-order valence-electron chi connectivity index (χ0n) is 6.58. The summed E-state index contributed by atoms with van der Waals surface area (Å²) in [5, 5.41) is 3.19. The number of Topliss-reactive ketones (excluding diaryl/α,β-unsaturated/α-hetero) is 1. The van der Waals surface area contributed by atoms with Gasteiger partial charge >= 0.3 is 5.97 Å². The molecule has 0 N–H and O–H groups in total. The molecule has 0 aliphatic carbocycles. The molecule has 0 aliphatic heterocycles. The Labute approximate surface area is 64.0 Å². The molecular weight excluding hydrogens is 150 g/mol. The number of oxime groups is 1. The third kappa shape index (κ3) is 2.79. The van der Waals surface area contributed by atoms with Crippen molar-refractivity contribution in [1.29, 1.82) is 0 Å². The molecule has 0 aromatic heterocycles. The van der Waals surface area contributed by atoms with E-state index in [0.29, 0.717) is 0 Å². The van der Waals surface area contributed by atoms with Gasteiger partial charge in [0.1, 0.15) is 7.11 Å². The zero-order chi connectivity index (χ0) is 8.85. The van der Waals surface area contributed by atoms with Gasteiger partial charge in [-0.1, -0.05) is 5.16 Å². The van der Waals surface area contributed by atoms with Crippen LogP contribution in [0.1, 0.15) is 6.92 Å². The van der Waals surface area contributed by atoms with Crippen LogP contribution in [0.25, 0.3) is 0 Å². The van der Waals surface area contributed by atoms with Crippen molar-refractivity contribution in [3.05, 3.63) is 0 Å². The van der Waals surface area contributed by atoms with Gasteiger partial charge in [0.2, 0.25) is 5.71 Å². The van der Waals surface area contributed by atoms with Gasteiger partial charge in [-0.15, -0.1) is 0 Å². The minimum atomic E-state index is -0.792. The standard InChI is InChI=1S/C6H9NO4/c1-4(8)5(7-11-3)6(9)10-2/h1-3H3/b7-5-. The Morgan fingerprint density at radius 1 is 1.27 bits per heavy atom. The summed E-state index contributed by atoms with van der Waals surface area (Å²) in [6.45, 7) is 1.20. The summed E-state index contributed by atoms with van der Waals surface area (Å²) in [5.74, 6) is -1.28. The molecule has 11 heavy (non-hydrogen) atoms. The average Bonchev–Trinajstić information content (AvgIpc) is 1.98. The highest BCUT2D eigenvalue weighted by Gasteiger charge is 2.17. The van der Waals surface area contributed by atoms with Crippen molar-refractivity contribution in [3.63, 3.8) is 0 Å². The lowest BCUT2D eigenvalue weighted by Gasteiger charge is -1.97. The summed E-state index contributed by atoms with van der Waals surface area (Å²) in [4.78, 5) is 25.6. The van der Waals surface area contributed by atoms with Gasteiger partial charge in [0, 0.05) is 6.92 Å². The van der Waals surface area contributed by atoms with E-state index in [-0.39, 0.29) is 5.71 Å². The number of ether oxygens (including phenoxy) is 1. The molecule has 0 aromatic carbocycles. The summed E-state index contributed by atoms with van der Waals surface area (Å²) >= 11 is 0. The first-order valence-corrected chi connectivity index (χ1v) is 2.84. The third-order valence-electron chi connectivity index (χ3n) is 0.895. The molecule has 0 unspecified atom stereocenters. The van der Waals surface area contributed by atoms with E-state index in [9.17, 15) is 9.59 Å². The molecule has 62 valence electrons. The van der Waals surface area contributed by atoms with Crippen molar-refractivity contribution in [2.75, 3.05) is 14.2 Å². The SMILES string of the molecule is CO/N=C(/C(C)=O)C(=O)OC. The molecule has 0 radical (unpaired) electrons. The Morgan fingerprint density at radius 3 is 2.09 bits per heavy atom. The normalized spacial score (nSPS) is 10.6. The lowest BCUT2D eigenvalue weighted by atomic mass is 10.3. The molecule has 0 amide bonds. The highest BCUT2D eigenvalue weighted by atomic mass is 16.6. The molecule has 0 saturated carbocycles. The Balaban J connectivity index is 4.48. The topological polar surface area (TPSA) is 65.0 Å². The number of hydrogen-bond donors (Lipinski definition) is 0. The van der Waals surface area contributed by atoms with E-state index in [0.717, 1.165) is 7.11 Å². The van der Waals surface area contributed by atoms with E-state index < -0.39 is 11.8 Å². The predicted octanol–water partition coefficient (Wildman–Crippen LogP) is -0.249. The molecule has 0 rings (SSSR count). The van der Waals surface area contributed by atoms with Gasteiger partial charge in [-0.25, -0.2) is 4.79 Å². The van der Waals surface area contributed by atoms with E-state index in [1.807, 2.05) is 0 Å². The summed E-state index contributed by atoms with van der Waals surface area (Å²) in [6, 6.07) is 0. The van der Waals surface area contributed by atoms with Gasteiger partial charge in [-0.2, -0.15) is 0 Å². The second-order valence-corrected chi connectivity index (χ2v) is 1.67. The van der Waals surface area contributed by atoms with E-state index >= 15 is 0 Å². The van der Waals surface area contributed by atoms with Gasteiger partial charge in [0.15, 0.2) is 5.78 Å². The maximum Gasteiger partial charge on any atom is 0.363 e. The number of carbonyl (C=O) groups is 2. The summed E-state index contributed by atoms with van der Waals surface area (Å²) in [5.41, 5.74) is -0.338. The van der Waals surface area contributed by atoms with Crippen LogP contribution in [0.5, 0.6) is 0 Å². The number of esters is 1. The van der Waals surface area contributed by atoms with Crippen LogP contribution >= 0.6 is 0 Å².